The summed E-state index contributed by atoms with van der Waals surface area (Å²) >= 11 is 0.601. The van der Waals surface area contributed by atoms with Gasteiger partial charge in [-0.05, 0) is 31.9 Å². The van der Waals surface area contributed by atoms with E-state index in [1.165, 1.54) is 16.8 Å². The molecule has 1 amide bonds. The van der Waals surface area contributed by atoms with Gasteiger partial charge >= 0.3 is 0 Å². The fourth-order valence-corrected chi connectivity index (χ4v) is 7.50. The highest BCUT2D eigenvalue weighted by atomic mass is 32.2. The Bertz CT molecular complexity index is 1700. The van der Waals surface area contributed by atoms with Crippen LogP contribution in [0, 0.1) is 5.92 Å². The van der Waals surface area contributed by atoms with E-state index >= 15 is 0 Å². The van der Waals surface area contributed by atoms with E-state index in [-0.39, 0.29) is 52.9 Å². The fourth-order valence-electron chi connectivity index (χ4n) is 5.33. The monoisotopic (exact) mass is 657 g/mol. The smallest absolute Gasteiger partial charge is 0.291 e. The van der Waals surface area contributed by atoms with Gasteiger partial charge in [0.25, 0.3) is 6.43 Å². The number of aromatic nitrogens is 4. The molecule has 4 heterocycles. The molecule has 0 atom stereocenters. The summed E-state index contributed by atoms with van der Waals surface area (Å²) in [6, 6.07) is 2.91. The van der Waals surface area contributed by atoms with E-state index in [0.717, 1.165) is 0 Å². The van der Waals surface area contributed by atoms with Gasteiger partial charge in [0.15, 0.2) is 5.01 Å². The lowest BCUT2D eigenvalue weighted by molar-refractivity contribution is -0.134. The maximum Gasteiger partial charge on any atom is 0.291 e. The molecule has 3 aromatic rings. The molecular formula is C27H35F3N8O4S2. The quantitative estimate of drug-likeness (QED) is 0.331. The van der Waals surface area contributed by atoms with Crippen LogP contribution in [-0.4, -0.2) is 108 Å². The van der Waals surface area contributed by atoms with E-state index < -0.39 is 39.7 Å². The number of benzene rings is 1. The number of sulfonamides is 1. The highest BCUT2D eigenvalue weighted by molar-refractivity contribution is 7.89. The van der Waals surface area contributed by atoms with Crippen LogP contribution in [0.1, 0.15) is 46.4 Å². The molecule has 6 rings (SSSR count). The van der Waals surface area contributed by atoms with Crippen LogP contribution < -0.4 is 14.4 Å². The molecule has 44 heavy (non-hydrogen) atoms. The summed E-state index contributed by atoms with van der Waals surface area (Å²) in [6.45, 7) is 6.81. The first-order valence-electron chi connectivity index (χ1n) is 14.9. The van der Waals surface area contributed by atoms with E-state index in [0.29, 0.717) is 61.4 Å². The van der Waals surface area contributed by atoms with Crippen LogP contribution in [-0.2, 0) is 14.8 Å². The summed E-state index contributed by atoms with van der Waals surface area (Å²) in [4.78, 5) is 18.0. The topological polar surface area (TPSA) is 126 Å². The zero-order valence-electron chi connectivity index (χ0n) is 25.6. The van der Waals surface area contributed by atoms with Crippen molar-refractivity contribution in [1.29, 1.82) is 0 Å². The SMILES string of the molecule is [2H]C1(Oc2nn(-c3nnc(C(F)F)s3)c3cc(S(=O)(=O)NC4(C)CC4)cc(N4CCN(C(=O)C(C)C)CC4)c23)CN(CCF)C1. The molecule has 2 aromatic heterocycles. The van der Waals surface area contributed by atoms with Crippen LogP contribution in [0.5, 0.6) is 5.88 Å². The molecule has 2 aliphatic heterocycles. The lowest BCUT2D eigenvalue weighted by atomic mass is 10.1. The van der Waals surface area contributed by atoms with Crippen molar-refractivity contribution in [2.24, 2.45) is 5.92 Å². The fraction of sp³-hybridized carbons (Fsp3) is 0.630. The van der Waals surface area contributed by atoms with Gasteiger partial charge in [0.1, 0.15) is 12.8 Å². The number of nitrogens with zero attached hydrogens (tertiary/aromatic N) is 7. The number of piperazine rings is 1. The third-order valence-corrected chi connectivity index (χ3v) is 10.6. The number of amides is 1. The number of ether oxygens (including phenoxy) is 1. The average molecular weight is 658 g/mol. The number of anilines is 1. The molecule has 0 radical (unpaired) electrons. The Kier molecular flexibility index (Phi) is 7.91. The third-order valence-electron chi connectivity index (χ3n) is 8.06. The minimum Gasteiger partial charge on any atom is -0.470 e. The first kappa shape index (κ1) is 29.7. The molecule has 240 valence electrons. The first-order valence-corrected chi connectivity index (χ1v) is 16.7. The van der Waals surface area contributed by atoms with E-state index in [1.54, 1.807) is 9.80 Å². The Labute approximate surface area is 258 Å². The van der Waals surface area contributed by atoms with Crippen molar-refractivity contribution < 1.29 is 32.5 Å². The van der Waals surface area contributed by atoms with Gasteiger partial charge in [-0.3, -0.25) is 9.69 Å². The zero-order valence-corrected chi connectivity index (χ0v) is 26.2. The number of carbonyl (C=O) groups is 1. The number of hydrogen-bond donors (Lipinski definition) is 1. The van der Waals surface area contributed by atoms with Crippen LogP contribution in [0.15, 0.2) is 17.0 Å². The van der Waals surface area contributed by atoms with Crippen LogP contribution >= 0.6 is 11.3 Å². The number of likely N-dealkylation sites (tertiary alicyclic amines) is 1. The number of carbonyl (C=O) groups excluding carboxylic acids is 1. The Morgan fingerprint density at radius 1 is 1.20 bits per heavy atom. The molecule has 0 spiro atoms. The Hall–Kier alpha value is -3.02. The minimum absolute atomic E-state index is 0.0138. The van der Waals surface area contributed by atoms with Crippen LogP contribution in [0.4, 0.5) is 18.9 Å². The normalized spacial score (nSPS) is 20.3. The van der Waals surface area contributed by atoms with Crippen molar-refractivity contribution in [2.75, 3.05) is 57.4 Å². The Balaban J connectivity index is 1.49. The van der Waals surface area contributed by atoms with Crippen molar-refractivity contribution in [3.63, 3.8) is 0 Å². The van der Waals surface area contributed by atoms with Crippen molar-refractivity contribution >= 4 is 43.9 Å². The lowest BCUT2D eigenvalue weighted by Gasteiger charge is -2.38. The zero-order chi connectivity index (χ0) is 32.3. The molecule has 0 unspecified atom stereocenters. The predicted octanol–water partition coefficient (Wildman–Crippen LogP) is 2.98. The second-order valence-electron chi connectivity index (χ2n) is 12.0. The van der Waals surface area contributed by atoms with E-state index in [9.17, 15) is 26.4 Å². The second-order valence-corrected chi connectivity index (χ2v) is 14.6. The minimum atomic E-state index is -4.04. The van der Waals surface area contributed by atoms with Gasteiger partial charge in [-0.2, -0.15) is 0 Å². The van der Waals surface area contributed by atoms with Crippen LogP contribution in [0.3, 0.4) is 0 Å². The number of rotatable bonds is 11. The van der Waals surface area contributed by atoms with Gasteiger partial charge in [-0.25, -0.2) is 31.0 Å². The number of nitrogens with one attached hydrogen (secondary N) is 1. The molecule has 17 heteroatoms. The summed E-state index contributed by atoms with van der Waals surface area (Å²) in [7, 11) is -4.04. The second kappa shape index (κ2) is 11.7. The van der Waals surface area contributed by atoms with Crippen molar-refractivity contribution in [1.82, 2.24) is 34.5 Å². The summed E-state index contributed by atoms with van der Waals surface area (Å²) in [5.74, 6) is -0.183. The van der Waals surface area contributed by atoms with Crippen LogP contribution in [0.2, 0.25) is 0 Å². The molecule has 3 aliphatic rings. The van der Waals surface area contributed by atoms with Gasteiger partial charge < -0.3 is 14.5 Å². The van der Waals surface area contributed by atoms with Gasteiger partial charge in [0.05, 0.1) is 22.9 Å². The van der Waals surface area contributed by atoms with Crippen molar-refractivity contribution in [2.45, 2.75) is 56.6 Å². The summed E-state index contributed by atoms with van der Waals surface area (Å²) in [6.07, 6.45) is -2.96. The standard InChI is InChI=1S/C27H35F3N8O4S2/c1-16(2)25(39)37-10-8-36(9-11-37)19-12-18(44(40,41)34-27(3)4-5-27)13-20-21(19)23(42-17-14-35(15-17)7-6-28)33-38(20)26-32-31-24(43-26)22(29)30/h12-13,16-17,22,34H,4-11,14-15H2,1-3H3/i17D. The maximum absolute atomic E-state index is 13.7. The summed E-state index contributed by atoms with van der Waals surface area (Å²) in [5.41, 5.74) is 0.0863. The molecular weight excluding hydrogens is 621 g/mol. The maximum atomic E-state index is 13.7. The molecule has 12 nitrogen and oxygen atoms in total. The average Bonchev–Trinajstić information content (AvgIpc) is 3.33. The molecule has 1 aliphatic carbocycles. The number of hydrogen-bond acceptors (Lipinski definition) is 10. The molecule has 3 fully saturated rings. The van der Waals surface area contributed by atoms with Crippen molar-refractivity contribution in [3.05, 3.63) is 17.1 Å². The third kappa shape index (κ3) is 6.10. The number of halogens is 3. The number of alkyl halides is 3. The number of fused-ring (bicyclic) bond motifs is 1. The molecule has 1 saturated carbocycles. The molecule has 1 aromatic carbocycles. The largest absolute Gasteiger partial charge is 0.470 e. The van der Waals surface area contributed by atoms with Gasteiger partial charge in [0.2, 0.25) is 26.9 Å². The molecule has 2 saturated heterocycles. The lowest BCUT2D eigenvalue weighted by Crippen LogP contribution is -2.54. The Morgan fingerprint density at radius 3 is 2.50 bits per heavy atom. The molecule has 1 N–H and O–H groups in total. The van der Waals surface area contributed by atoms with Gasteiger partial charge in [0, 0.05) is 57.3 Å². The highest BCUT2D eigenvalue weighted by Crippen LogP contribution is 2.41. The molecule has 0 bridgehead atoms. The first-order chi connectivity index (χ1) is 21.2. The van der Waals surface area contributed by atoms with Crippen LogP contribution in [0.25, 0.3) is 16.0 Å². The van der Waals surface area contributed by atoms with Gasteiger partial charge in [-0.1, -0.05) is 25.2 Å². The Morgan fingerprint density at radius 2 is 1.91 bits per heavy atom. The van der Waals surface area contributed by atoms with Crippen molar-refractivity contribution in [3.8, 4) is 11.0 Å². The highest BCUT2D eigenvalue weighted by Gasteiger charge is 2.42. The van der Waals surface area contributed by atoms with Gasteiger partial charge in [-0.15, -0.1) is 15.3 Å². The predicted molar refractivity (Wildman–Crippen MR) is 158 cm³/mol. The summed E-state index contributed by atoms with van der Waals surface area (Å²) in [5, 5.41) is 11.8. The van der Waals surface area contributed by atoms with E-state index in [2.05, 4.69) is 20.0 Å². The van der Waals surface area contributed by atoms with E-state index in [4.69, 9.17) is 6.11 Å². The summed E-state index contributed by atoms with van der Waals surface area (Å²) < 4.78 is 86.2. The van der Waals surface area contributed by atoms with E-state index in [1.807, 2.05) is 25.7 Å².